The maximum Gasteiger partial charge on any atom is 0.0736 e. The molecule has 9 atom stereocenters. The van der Waals surface area contributed by atoms with Gasteiger partial charge in [-0.25, -0.2) is 0 Å². The Hall–Kier alpha value is -0.160. The van der Waals surface area contributed by atoms with Crippen LogP contribution in [0.2, 0.25) is 0 Å². The van der Waals surface area contributed by atoms with E-state index in [0.717, 1.165) is 38.5 Å². The second-order valence-corrected chi connectivity index (χ2v) is 12.8. The van der Waals surface area contributed by atoms with Crippen molar-refractivity contribution in [2.45, 2.75) is 124 Å². The summed E-state index contributed by atoms with van der Waals surface area (Å²) in [5.41, 5.74) is -1.27. The molecule has 0 saturated heterocycles. The minimum Gasteiger partial charge on any atom is -0.394 e. The molecule has 4 fully saturated rings. The van der Waals surface area contributed by atoms with Crippen molar-refractivity contribution in [3.05, 3.63) is 0 Å². The Morgan fingerprint density at radius 2 is 1.53 bits per heavy atom. The topological polar surface area (TPSA) is 69.9 Å². The summed E-state index contributed by atoms with van der Waals surface area (Å²) in [5, 5.41) is 33.1. The monoisotopic (exact) mass is 452 g/mol. The highest BCUT2D eigenvalue weighted by Gasteiger charge is 2.71. The number of ether oxygens (including phenoxy) is 1. The first kappa shape index (κ1) is 26.4. The van der Waals surface area contributed by atoms with E-state index >= 15 is 0 Å². The van der Waals surface area contributed by atoms with Crippen LogP contribution in [-0.2, 0) is 4.74 Å². The smallest absolute Gasteiger partial charge is 0.0736 e. The van der Waals surface area contributed by atoms with E-state index in [1.54, 1.807) is 0 Å². The summed E-state index contributed by atoms with van der Waals surface area (Å²) in [5.74, 6) is 1.58. The molecular formula is C28H52O4. The summed E-state index contributed by atoms with van der Waals surface area (Å²) in [6, 6.07) is 0. The van der Waals surface area contributed by atoms with Crippen molar-refractivity contribution in [1.29, 1.82) is 0 Å². The highest BCUT2D eigenvalue weighted by Crippen LogP contribution is 2.73. The number of aliphatic hydroxyl groups excluding tert-OH is 2. The van der Waals surface area contributed by atoms with Gasteiger partial charge in [0.15, 0.2) is 0 Å². The molecule has 4 aliphatic carbocycles. The fourth-order valence-corrected chi connectivity index (χ4v) is 9.42. The summed E-state index contributed by atoms with van der Waals surface area (Å²) in [6.07, 6.45) is 7.84. The molecule has 0 aromatic heterocycles. The quantitative estimate of drug-likeness (QED) is 0.521. The molecule has 4 heteroatoms. The molecule has 4 nitrogen and oxygen atoms in total. The zero-order valence-corrected chi connectivity index (χ0v) is 22.2. The SMILES string of the molecule is CC.CC1CC[C@]2(C)C3CC[C@]4(C)C(C(C)(C)OCCO)CC[C@]4(O)C3C[C@@H](O)C2(C)C1. The van der Waals surface area contributed by atoms with Crippen molar-refractivity contribution in [2.24, 2.45) is 39.9 Å². The molecule has 4 saturated carbocycles. The molecule has 0 amide bonds. The lowest BCUT2D eigenvalue weighted by atomic mass is 9.38. The van der Waals surface area contributed by atoms with E-state index < -0.39 is 5.60 Å². The standard InChI is InChI=1S/C26H46O4.C2H6/c1-17-7-10-23(4)18-8-11-24(5)20(22(2,3)30-14-13-27)9-12-26(24,29)19(18)15-21(28)25(23,6)16-17;1-2/h17-21,27-29H,7-16H2,1-6H3;1-2H3/t17?,18?,19?,20?,21-,23-,24-,25?,26+;/m1./s1. The summed E-state index contributed by atoms with van der Waals surface area (Å²) in [4.78, 5) is 0. The highest BCUT2D eigenvalue weighted by molar-refractivity contribution is 5.21. The molecule has 5 unspecified atom stereocenters. The van der Waals surface area contributed by atoms with Crippen LogP contribution < -0.4 is 0 Å². The predicted molar refractivity (Wildman–Crippen MR) is 130 cm³/mol. The summed E-state index contributed by atoms with van der Waals surface area (Å²) >= 11 is 0. The summed E-state index contributed by atoms with van der Waals surface area (Å²) < 4.78 is 6.10. The zero-order chi connectivity index (χ0) is 24.2. The van der Waals surface area contributed by atoms with Gasteiger partial charge >= 0.3 is 0 Å². The largest absolute Gasteiger partial charge is 0.394 e. The molecule has 0 bridgehead atoms. The van der Waals surface area contributed by atoms with Gasteiger partial charge in [0.05, 0.1) is 30.5 Å². The molecule has 32 heavy (non-hydrogen) atoms. The van der Waals surface area contributed by atoms with Crippen LogP contribution in [0.15, 0.2) is 0 Å². The fraction of sp³-hybridized carbons (Fsp3) is 1.00. The Morgan fingerprint density at radius 1 is 0.906 bits per heavy atom. The van der Waals surface area contributed by atoms with E-state index in [1.165, 1.54) is 12.8 Å². The van der Waals surface area contributed by atoms with E-state index in [-0.39, 0.29) is 46.4 Å². The Labute approximate surface area is 197 Å². The molecule has 0 spiro atoms. The molecule has 0 aromatic rings. The molecule has 0 aliphatic heterocycles. The Bertz CT molecular complexity index is 664. The van der Waals surface area contributed by atoms with Gasteiger partial charge < -0.3 is 20.1 Å². The van der Waals surface area contributed by atoms with Crippen molar-refractivity contribution >= 4 is 0 Å². The van der Waals surface area contributed by atoms with E-state index in [9.17, 15) is 15.3 Å². The van der Waals surface area contributed by atoms with Crippen molar-refractivity contribution in [2.75, 3.05) is 13.2 Å². The fourth-order valence-electron chi connectivity index (χ4n) is 9.42. The van der Waals surface area contributed by atoms with Gasteiger partial charge in [0.1, 0.15) is 0 Å². The van der Waals surface area contributed by atoms with Gasteiger partial charge in [0.25, 0.3) is 0 Å². The number of hydrogen-bond acceptors (Lipinski definition) is 4. The lowest BCUT2D eigenvalue weighted by molar-refractivity contribution is -0.263. The Kier molecular flexibility index (Phi) is 7.28. The molecule has 0 heterocycles. The maximum atomic E-state index is 12.4. The number of rotatable bonds is 4. The van der Waals surface area contributed by atoms with Crippen LogP contribution in [0.3, 0.4) is 0 Å². The van der Waals surface area contributed by atoms with Gasteiger partial charge in [-0.1, -0.05) is 48.0 Å². The van der Waals surface area contributed by atoms with Crippen molar-refractivity contribution in [1.82, 2.24) is 0 Å². The van der Waals surface area contributed by atoms with E-state index in [1.807, 2.05) is 13.8 Å². The molecule has 0 radical (unpaired) electrons. The molecular weight excluding hydrogens is 400 g/mol. The minimum absolute atomic E-state index is 0.0311. The second kappa shape index (κ2) is 8.81. The van der Waals surface area contributed by atoms with Gasteiger partial charge in [-0.05, 0) is 93.3 Å². The van der Waals surface area contributed by atoms with Crippen molar-refractivity contribution in [3.8, 4) is 0 Å². The zero-order valence-electron chi connectivity index (χ0n) is 22.2. The molecule has 188 valence electrons. The van der Waals surface area contributed by atoms with Crippen LogP contribution in [0.25, 0.3) is 0 Å². The van der Waals surface area contributed by atoms with Gasteiger partial charge in [0, 0.05) is 5.41 Å². The van der Waals surface area contributed by atoms with Crippen LogP contribution in [0.5, 0.6) is 0 Å². The summed E-state index contributed by atoms with van der Waals surface area (Å²) in [6.45, 7) is 18.0. The first-order chi connectivity index (χ1) is 14.9. The molecule has 4 rings (SSSR count). The first-order valence-corrected chi connectivity index (χ1v) is 13.5. The van der Waals surface area contributed by atoms with Gasteiger partial charge in [-0.3, -0.25) is 0 Å². The van der Waals surface area contributed by atoms with Gasteiger partial charge in [-0.2, -0.15) is 0 Å². The van der Waals surface area contributed by atoms with Crippen molar-refractivity contribution < 1.29 is 20.1 Å². The number of aliphatic hydroxyl groups is 3. The molecule has 0 aromatic carbocycles. The maximum absolute atomic E-state index is 12.4. The van der Waals surface area contributed by atoms with E-state index in [0.29, 0.717) is 18.4 Å². The third kappa shape index (κ3) is 3.53. The molecule has 3 N–H and O–H groups in total. The predicted octanol–water partition coefficient (Wildman–Crippen LogP) is 5.57. The molecule has 4 aliphatic rings. The lowest BCUT2D eigenvalue weighted by Crippen LogP contribution is -2.68. The van der Waals surface area contributed by atoms with Crippen LogP contribution in [-0.4, -0.2) is 45.8 Å². The second-order valence-electron chi connectivity index (χ2n) is 12.8. The average molecular weight is 453 g/mol. The van der Waals surface area contributed by atoms with Crippen LogP contribution in [0.4, 0.5) is 0 Å². The average Bonchev–Trinajstić information content (AvgIpc) is 3.03. The van der Waals surface area contributed by atoms with Crippen molar-refractivity contribution in [3.63, 3.8) is 0 Å². The third-order valence-electron chi connectivity index (χ3n) is 11.3. The Balaban J connectivity index is 0.00000141. The Morgan fingerprint density at radius 3 is 2.16 bits per heavy atom. The van der Waals surface area contributed by atoms with Gasteiger partial charge in [0.2, 0.25) is 0 Å². The van der Waals surface area contributed by atoms with E-state index in [4.69, 9.17) is 4.74 Å². The first-order valence-electron chi connectivity index (χ1n) is 13.5. The normalized spacial score (nSPS) is 50.5. The number of fused-ring (bicyclic) bond motifs is 5. The highest BCUT2D eigenvalue weighted by atomic mass is 16.5. The van der Waals surface area contributed by atoms with Crippen LogP contribution >= 0.6 is 0 Å². The third-order valence-corrected chi connectivity index (χ3v) is 11.3. The van der Waals surface area contributed by atoms with Crippen LogP contribution in [0.1, 0.15) is 107 Å². The summed E-state index contributed by atoms with van der Waals surface area (Å²) in [7, 11) is 0. The lowest BCUT2D eigenvalue weighted by Gasteiger charge is -2.68. The number of hydrogen-bond donors (Lipinski definition) is 3. The van der Waals surface area contributed by atoms with E-state index in [2.05, 4.69) is 41.5 Å². The minimum atomic E-state index is -0.741. The van der Waals surface area contributed by atoms with Crippen LogP contribution in [0, 0.1) is 39.9 Å². The van der Waals surface area contributed by atoms with Gasteiger partial charge in [-0.15, -0.1) is 0 Å².